The first-order valence-electron chi connectivity index (χ1n) is 14.1. The fourth-order valence-electron chi connectivity index (χ4n) is 6.52. The smallest absolute Gasteiger partial charge is 0.493 e. The van der Waals surface area contributed by atoms with E-state index in [-0.39, 0.29) is 23.5 Å². The van der Waals surface area contributed by atoms with Crippen LogP contribution in [-0.2, 0) is 10.3 Å². The van der Waals surface area contributed by atoms with Gasteiger partial charge in [-0.3, -0.25) is 9.88 Å². The van der Waals surface area contributed by atoms with Gasteiger partial charge in [0.15, 0.2) is 0 Å². The second kappa shape index (κ2) is 11.9. The van der Waals surface area contributed by atoms with E-state index in [0.717, 1.165) is 60.3 Å². The molecule has 222 valence electrons. The van der Waals surface area contributed by atoms with Gasteiger partial charge in [-0.25, -0.2) is 4.98 Å². The number of rotatable bonds is 6. The highest BCUT2D eigenvalue weighted by Crippen LogP contribution is 2.41. The summed E-state index contributed by atoms with van der Waals surface area (Å²) in [6, 6.07) is 7.34. The molecule has 1 aliphatic heterocycles. The molecule has 4 aromatic rings. The maximum atomic E-state index is 12.5. The van der Waals surface area contributed by atoms with Gasteiger partial charge in [0.2, 0.25) is 10.3 Å². The number of H-pyrrole nitrogens is 1. The second-order valence-corrected chi connectivity index (χ2v) is 12.0. The fourth-order valence-corrected chi connectivity index (χ4v) is 7.40. The average molecular weight is 601 g/mol. The highest BCUT2D eigenvalue weighted by Gasteiger charge is 2.34. The molecule has 1 N–H and O–H groups in total. The van der Waals surface area contributed by atoms with Crippen molar-refractivity contribution in [2.24, 2.45) is 11.8 Å². The molecule has 42 heavy (non-hydrogen) atoms. The lowest BCUT2D eigenvalue weighted by Gasteiger charge is -2.37. The zero-order chi connectivity index (χ0) is 29.3. The van der Waals surface area contributed by atoms with Gasteiger partial charge in [0.25, 0.3) is 0 Å². The Bertz CT molecular complexity index is 1690. The number of aromatic amines is 1. The maximum absolute atomic E-state index is 12.5. The van der Waals surface area contributed by atoms with E-state index < -0.39 is 16.7 Å². The standard InChI is InChI=1S/C30H31F3N4O4S/c31-30(32,33)41-24-9-7-23(8-10-24)40-18-19-2-1-13-37(17-19)29(42(38)39)21-5-3-20(4-6-21)26-16-34-14-22-15-36-28-25(27(22)26)11-12-35-28/h7-12,14-16,19-21H,1-6,13,17-18H2,(H,35,36). The van der Waals surface area contributed by atoms with E-state index in [4.69, 9.17) is 4.74 Å². The van der Waals surface area contributed by atoms with Crippen LogP contribution in [-0.4, -0.2) is 59.3 Å². The van der Waals surface area contributed by atoms with Crippen LogP contribution >= 0.6 is 0 Å². The number of pyridine rings is 2. The third-order valence-electron chi connectivity index (χ3n) is 8.39. The van der Waals surface area contributed by atoms with Crippen LogP contribution in [0.4, 0.5) is 13.2 Å². The van der Waals surface area contributed by atoms with Crippen molar-refractivity contribution >= 4 is 37.1 Å². The lowest BCUT2D eigenvalue weighted by molar-refractivity contribution is -0.274. The summed E-state index contributed by atoms with van der Waals surface area (Å²) >= 11 is 0. The van der Waals surface area contributed by atoms with Gasteiger partial charge < -0.3 is 14.5 Å². The molecule has 1 aliphatic carbocycles. The normalized spacial score (nSPS) is 21.8. The van der Waals surface area contributed by atoms with Gasteiger partial charge >= 0.3 is 6.36 Å². The largest absolute Gasteiger partial charge is 0.573 e. The minimum Gasteiger partial charge on any atom is -0.493 e. The van der Waals surface area contributed by atoms with E-state index in [0.29, 0.717) is 30.4 Å². The highest BCUT2D eigenvalue weighted by molar-refractivity contribution is 7.72. The number of piperidine rings is 1. The van der Waals surface area contributed by atoms with Crippen LogP contribution in [0.5, 0.6) is 11.5 Å². The van der Waals surface area contributed by atoms with Crippen LogP contribution in [0.15, 0.2) is 55.1 Å². The van der Waals surface area contributed by atoms with Gasteiger partial charge in [0, 0.05) is 65.9 Å². The summed E-state index contributed by atoms with van der Waals surface area (Å²) < 4.78 is 72.1. The third kappa shape index (κ3) is 6.24. The van der Waals surface area contributed by atoms with Crippen molar-refractivity contribution in [3.8, 4) is 11.5 Å². The molecule has 1 unspecified atom stereocenters. The van der Waals surface area contributed by atoms with E-state index >= 15 is 0 Å². The van der Waals surface area contributed by atoms with Crippen molar-refractivity contribution in [1.82, 2.24) is 19.9 Å². The summed E-state index contributed by atoms with van der Waals surface area (Å²) in [6.07, 6.45) is 7.78. The molecule has 6 rings (SSSR count). The SMILES string of the molecule is O=S(=O)=C(C1CCC(c2cncc3cnc4[nH]ccc4c23)CC1)N1CCCC(COc2ccc(OC(F)(F)F)cc2)C1. The topological polar surface area (TPSA) is 97.4 Å². The summed E-state index contributed by atoms with van der Waals surface area (Å²) in [5, 5.41) is 3.24. The summed E-state index contributed by atoms with van der Waals surface area (Å²) in [4.78, 5) is 14.6. The molecule has 4 heterocycles. The molecule has 0 radical (unpaired) electrons. The lowest BCUT2D eigenvalue weighted by Crippen LogP contribution is -2.45. The Morgan fingerprint density at radius 1 is 1.00 bits per heavy atom. The number of likely N-dealkylation sites (tertiary alicyclic amines) is 1. The molecule has 1 atom stereocenters. The second-order valence-electron chi connectivity index (χ2n) is 11.1. The number of ether oxygens (including phenoxy) is 2. The molecule has 3 aromatic heterocycles. The lowest BCUT2D eigenvalue weighted by atomic mass is 9.77. The van der Waals surface area contributed by atoms with Crippen molar-refractivity contribution in [1.29, 1.82) is 0 Å². The number of nitrogens with one attached hydrogen (secondary N) is 1. The van der Waals surface area contributed by atoms with Gasteiger partial charge in [-0.2, -0.15) is 8.42 Å². The van der Waals surface area contributed by atoms with Crippen LogP contribution in [0.2, 0.25) is 0 Å². The fraction of sp³-hybridized carbons (Fsp3) is 0.433. The zero-order valence-electron chi connectivity index (χ0n) is 22.8. The van der Waals surface area contributed by atoms with Gasteiger partial charge in [-0.05, 0) is 80.3 Å². The van der Waals surface area contributed by atoms with Crippen LogP contribution in [0.3, 0.4) is 0 Å². The third-order valence-corrected chi connectivity index (χ3v) is 9.33. The van der Waals surface area contributed by atoms with Crippen molar-refractivity contribution in [3.05, 3.63) is 60.7 Å². The van der Waals surface area contributed by atoms with E-state index in [1.165, 1.54) is 29.8 Å². The van der Waals surface area contributed by atoms with E-state index in [2.05, 4.69) is 19.7 Å². The van der Waals surface area contributed by atoms with Gasteiger partial charge in [0.05, 0.1) is 6.61 Å². The number of halogens is 3. The van der Waals surface area contributed by atoms with Crippen molar-refractivity contribution < 1.29 is 31.1 Å². The average Bonchev–Trinajstić information content (AvgIpc) is 3.46. The predicted molar refractivity (Wildman–Crippen MR) is 153 cm³/mol. The van der Waals surface area contributed by atoms with Crippen molar-refractivity contribution in [3.63, 3.8) is 0 Å². The summed E-state index contributed by atoms with van der Waals surface area (Å²) in [7, 11) is -2.33. The summed E-state index contributed by atoms with van der Waals surface area (Å²) in [5.41, 5.74) is 2.04. The first-order chi connectivity index (χ1) is 20.2. The Labute approximate surface area is 242 Å². The van der Waals surface area contributed by atoms with Crippen LogP contribution in [0.25, 0.3) is 21.8 Å². The summed E-state index contributed by atoms with van der Waals surface area (Å²) in [5.74, 6) is 0.468. The van der Waals surface area contributed by atoms with E-state index in [1.54, 1.807) is 0 Å². The Morgan fingerprint density at radius 3 is 2.50 bits per heavy atom. The molecule has 1 saturated carbocycles. The Balaban J connectivity index is 1.09. The number of alkyl halides is 3. The molecule has 1 saturated heterocycles. The van der Waals surface area contributed by atoms with Crippen molar-refractivity contribution in [2.45, 2.75) is 50.8 Å². The molecule has 2 fully saturated rings. The molecule has 2 aliphatic rings. The Hall–Kier alpha value is -3.64. The number of hydrogen-bond acceptors (Lipinski definition) is 6. The monoisotopic (exact) mass is 600 g/mol. The van der Waals surface area contributed by atoms with Gasteiger partial charge in [-0.1, -0.05) is 0 Å². The zero-order valence-corrected chi connectivity index (χ0v) is 23.6. The number of hydrogen-bond donors (Lipinski definition) is 1. The predicted octanol–water partition coefficient (Wildman–Crippen LogP) is 6.08. The summed E-state index contributed by atoms with van der Waals surface area (Å²) in [6.45, 7) is 1.58. The number of aromatic nitrogens is 3. The van der Waals surface area contributed by atoms with Gasteiger partial charge in [0.1, 0.15) is 22.1 Å². The first-order valence-corrected chi connectivity index (χ1v) is 15.2. The molecule has 12 heteroatoms. The minimum atomic E-state index is -4.75. The van der Waals surface area contributed by atoms with Crippen molar-refractivity contribution in [2.75, 3.05) is 19.7 Å². The quantitative estimate of drug-likeness (QED) is 0.268. The molecule has 0 spiro atoms. The van der Waals surface area contributed by atoms with Gasteiger partial charge in [-0.15, -0.1) is 13.2 Å². The minimum absolute atomic E-state index is 0.0442. The molecule has 0 bridgehead atoms. The molecular formula is C30H31F3N4O4S. The molecular weight excluding hydrogens is 569 g/mol. The maximum Gasteiger partial charge on any atom is 0.573 e. The number of nitrogens with zero attached hydrogens (tertiary/aromatic N) is 3. The van der Waals surface area contributed by atoms with E-state index in [9.17, 15) is 21.6 Å². The highest BCUT2D eigenvalue weighted by atomic mass is 32.2. The van der Waals surface area contributed by atoms with Crippen LogP contribution < -0.4 is 9.47 Å². The molecule has 1 aromatic carbocycles. The Morgan fingerprint density at radius 2 is 1.76 bits per heavy atom. The first kappa shape index (κ1) is 28.5. The number of fused-ring (bicyclic) bond motifs is 3. The number of benzene rings is 1. The van der Waals surface area contributed by atoms with Crippen LogP contribution in [0.1, 0.15) is 50.0 Å². The Kier molecular flexibility index (Phi) is 8.09. The molecule has 8 nitrogen and oxygen atoms in total. The van der Waals surface area contributed by atoms with Crippen LogP contribution in [0, 0.1) is 11.8 Å². The molecule has 0 amide bonds. The van der Waals surface area contributed by atoms with E-state index in [1.807, 2.05) is 35.8 Å².